The molecule has 0 aliphatic heterocycles. The fourth-order valence-electron chi connectivity index (χ4n) is 1.40. The first-order chi connectivity index (χ1) is 6.58. The highest BCUT2D eigenvalue weighted by molar-refractivity contribution is 6.30. The Morgan fingerprint density at radius 1 is 1.29 bits per heavy atom. The maximum absolute atomic E-state index is 9.18. The second kappa shape index (κ2) is 5.23. The van der Waals surface area contributed by atoms with Crippen molar-refractivity contribution in [2.75, 3.05) is 5.32 Å². The number of aliphatic hydroxyl groups is 1. The second-order valence-corrected chi connectivity index (χ2v) is 4.07. The fraction of sp³-hybridized carbons (Fsp3) is 0.455. The van der Waals surface area contributed by atoms with Gasteiger partial charge in [0, 0.05) is 16.8 Å². The SMILES string of the molecule is CC(O)CC(C)Nc1ccc(Cl)cc1. The molecular formula is C11H16ClNO. The Kier molecular flexibility index (Phi) is 4.23. The molecule has 0 fully saturated rings. The zero-order chi connectivity index (χ0) is 10.6. The Labute approximate surface area is 89.9 Å². The van der Waals surface area contributed by atoms with Gasteiger partial charge in [-0.05, 0) is 44.5 Å². The maximum atomic E-state index is 9.18. The van der Waals surface area contributed by atoms with Crippen LogP contribution in [0.2, 0.25) is 5.02 Å². The molecule has 3 heteroatoms. The van der Waals surface area contributed by atoms with E-state index in [4.69, 9.17) is 11.6 Å². The molecule has 2 nitrogen and oxygen atoms in total. The molecule has 2 unspecified atom stereocenters. The van der Waals surface area contributed by atoms with Gasteiger partial charge in [0.25, 0.3) is 0 Å². The molecule has 0 aliphatic carbocycles. The van der Waals surface area contributed by atoms with Crippen molar-refractivity contribution in [3.63, 3.8) is 0 Å². The molecule has 1 rings (SSSR count). The molecule has 2 N–H and O–H groups in total. The molecule has 78 valence electrons. The molecule has 1 aromatic carbocycles. The van der Waals surface area contributed by atoms with Crippen molar-refractivity contribution in [1.29, 1.82) is 0 Å². The smallest absolute Gasteiger partial charge is 0.0531 e. The molecule has 0 aromatic heterocycles. The lowest BCUT2D eigenvalue weighted by Gasteiger charge is -2.16. The molecule has 0 saturated carbocycles. The molecular weight excluding hydrogens is 198 g/mol. The van der Waals surface area contributed by atoms with Crippen LogP contribution in [0.25, 0.3) is 0 Å². The van der Waals surface area contributed by atoms with Gasteiger partial charge < -0.3 is 10.4 Å². The number of hydrogen-bond donors (Lipinski definition) is 2. The van der Waals surface area contributed by atoms with Gasteiger partial charge >= 0.3 is 0 Å². The van der Waals surface area contributed by atoms with Crippen molar-refractivity contribution in [1.82, 2.24) is 0 Å². The van der Waals surface area contributed by atoms with Gasteiger partial charge in [-0.2, -0.15) is 0 Å². The van der Waals surface area contributed by atoms with Gasteiger partial charge in [-0.15, -0.1) is 0 Å². The molecule has 1 aromatic rings. The average Bonchev–Trinajstić information content (AvgIpc) is 2.07. The van der Waals surface area contributed by atoms with E-state index in [0.29, 0.717) is 0 Å². The van der Waals surface area contributed by atoms with Gasteiger partial charge in [-0.1, -0.05) is 11.6 Å². The van der Waals surface area contributed by atoms with Crippen LogP contribution in [0.15, 0.2) is 24.3 Å². The van der Waals surface area contributed by atoms with Gasteiger partial charge in [0.05, 0.1) is 6.10 Å². The Morgan fingerprint density at radius 3 is 2.36 bits per heavy atom. The maximum Gasteiger partial charge on any atom is 0.0531 e. The van der Waals surface area contributed by atoms with E-state index in [1.54, 1.807) is 6.92 Å². The number of halogens is 1. The van der Waals surface area contributed by atoms with Crippen molar-refractivity contribution in [2.45, 2.75) is 32.4 Å². The predicted molar refractivity (Wildman–Crippen MR) is 60.8 cm³/mol. The molecule has 0 heterocycles. The van der Waals surface area contributed by atoms with Crippen molar-refractivity contribution < 1.29 is 5.11 Å². The van der Waals surface area contributed by atoms with Crippen molar-refractivity contribution in [3.05, 3.63) is 29.3 Å². The normalized spacial score (nSPS) is 14.9. The van der Waals surface area contributed by atoms with E-state index in [1.807, 2.05) is 31.2 Å². The molecule has 0 saturated heterocycles. The minimum Gasteiger partial charge on any atom is -0.393 e. The lowest BCUT2D eigenvalue weighted by atomic mass is 10.1. The minimum absolute atomic E-state index is 0.260. The van der Waals surface area contributed by atoms with Crippen LogP contribution in [-0.2, 0) is 0 Å². The van der Waals surface area contributed by atoms with E-state index >= 15 is 0 Å². The summed E-state index contributed by atoms with van der Waals surface area (Å²) in [6.07, 6.45) is 0.465. The Bertz CT molecular complexity index is 271. The molecule has 0 bridgehead atoms. The van der Waals surface area contributed by atoms with E-state index in [-0.39, 0.29) is 12.1 Å². The fourth-order valence-corrected chi connectivity index (χ4v) is 1.53. The second-order valence-electron chi connectivity index (χ2n) is 3.64. The highest BCUT2D eigenvalue weighted by atomic mass is 35.5. The van der Waals surface area contributed by atoms with Crippen LogP contribution >= 0.6 is 11.6 Å². The summed E-state index contributed by atoms with van der Waals surface area (Å²) < 4.78 is 0. The Hall–Kier alpha value is -0.730. The van der Waals surface area contributed by atoms with Crippen molar-refractivity contribution >= 4 is 17.3 Å². The quantitative estimate of drug-likeness (QED) is 0.806. The highest BCUT2D eigenvalue weighted by Crippen LogP contribution is 2.15. The summed E-state index contributed by atoms with van der Waals surface area (Å²) in [5, 5.41) is 13.2. The number of anilines is 1. The van der Waals surface area contributed by atoms with Crippen LogP contribution in [0.5, 0.6) is 0 Å². The number of nitrogens with one attached hydrogen (secondary N) is 1. The summed E-state index contributed by atoms with van der Waals surface area (Å²) >= 11 is 5.76. The Morgan fingerprint density at radius 2 is 1.86 bits per heavy atom. The first-order valence-electron chi connectivity index (χ1n) is 4.78. The highest BCUT2D eigenvalue weighted by Gasteiger charge is 2.05. The van der Waals surface area contributed by atoms with Crippen LogP contribution in [0, 0.1) is 0 Å². The van der Waals surface area contributed by atoms with E-state index in [0.717, 1.165) is 17.1 Å². The van der Waals surface area contributed by atoms with Crippen molar-refractivity contribution in [3.8, 4) is 0 Å². The lowest BCUT2D eigenvalue weighted by Crippen LogP contribution is -2.20. The average molecular weight is 214 g/mol. The number of rotatable bonds is 4. The van der Waals surface area contributed by atoms with E-state index < -0.39 is 0 Å². The van der Waals surface area contributed by atoms with Gasteiger partial charge in [0.1, 0.15) is 0 Å². The number of hydrogen-bond acceptors (Lipinski definition) is 2. The first kappa shape index (κ1) is 11.3. The van der Waals surface area contributed by atoms with Gasteiger partial charge in [0.2, 0.25) is 0 Å². The van der Waals surface area contributed by atoms with Crippen LogP contribution in [-0.4, -0.2) is 17.3 Å². The topological polar surface area (TPSA) is 32.3 Å². The first-order valence-corrected chi connectivity index (χ1v) is 5.16. The summed E-state index contributed by atoms with van der Waals surface area (Å²) in [4.78, 5) is 0. The molecule has 0 radical (unpaired) electrons. The largest absolute Gasteiger partial charge is 0.393 e. The third-order valence-corrected chi connectivity index (χ3v) is 2.20. The molecule has 0 aliphatic rings. The summed E-state index contributed by atoms with van der Waals surface area (Å²) in [6, 6.07) is 7.82. The summed E-state index contributed by atoms with van der Waals surface area (Å²) in [7, 11) is 0. The zero-order valence-corrected chi connectivity index (χ0v) is 9.25. The Balaban J connectivity index is 2.47. The van der Waals surface area contributed by atoms with Gasteiger partial charge in [-0.25, -0.2) is 0 Å². The van der Waals surface area contributed by atoms with Crippen LogP contribution in [0.4, 0.5) is 5.69 Å². The molecule has 14 heavy (non-hydrogen) atoms. The van der Waals surface area contributed by atoms with Crippen LogP contribution in [0.3, 0.4) is 0 Å². The monoisotopic (exact) mass is 213 g/mol. The number of aliphatic hydroxyl groups excluding tert-OH is 1. The lowest BCUT2D eigenvalue weighted by molar-refractivity contribution is 0.179. The van der Waals surface area contributed by atoms with E-state index in [9.17, 15) is 5.11 Å². The van der Waals surface area contributed by atoms with Gasteiger partial charge in [-0.3, -0.25) is 0 Å². The standard InChI is InChI=1S/C11H16ClNO/c1-8(7-9(2)14)13-11-5-3-10(12)4-6-11/h3-6,8-9,13-14H,7H2,1-2H3. The predicted octanol–water partition coefficient (Wildman–Crippen LogP) is 2.91. The van der Waals surface area contributed by atoms with E-state index in [2.05, 4.69) is 5.32 Å². The minimum atomic E-state index is -0.273. The third-order valence-electron chi connectivity index (χ3n) is 1.95. The van der Waals surface area contributed by atoms with Gasteiger partial charge in [0.15, 0.2) is 0 Å². The summed E-state index contributed by atoms with van der Waals surface area (Å²) in [6.45, 7) is 3.83. The van der Waals surface area contributed by atoms with E-state index in [1.165, 1.54) is 0 Å². The van der Waals surface area contributed by atoms with Crippen LogP contribution in [0.1, 0.15) is 20.3 Å². The number of benzene rings is 1. The van der Waals surface area contributed by atoms with Crippen LogP contribution < -0.4 is 5.32 Å². The summed E-state index contributed by atoms with van der Waals surface area (Å²) in [5.74, 6) is 0. The third kappa shape index (κ3) is 3.99. The molecule has 2 atom stereocenters. The molecule has 0 spiro atoms. The molecule has 0 amide bonds. The summed E-state index contributed by atoms with van der Waals surface area (Å²) in [5.41, 5.74) is 1.03. The van der Waals surface area contributed by atoms with Crippen molar-refractivity contribution in [2.24, 2.45) is 0 Å². The zero-order valence-electron chi connectivity index (χ0n) is 8.50.